The summed E-state index contributed by atoms with van der Waals surface area (Å²) < 4.78 is 0. The maximum absolute atomic E-state index is 12.4. The number of aromatic nitrogens is 1. The lowest BCUT2D eigenvalue weighted by Gasteiger charge is -2.24. The van der Waals surface area contributed by atoms with Crippen LogP contribution in [0.3, 0.4) is 0 Å². The number of carbonyl (C=O) groups excluding carboxylic acids is 1. The van der Waals surface area contributed by atoms with Crippen molar-refractivity contribution in [2.45, 2.75) is 31.7 Å². The lowest BCUT2D eigenvalue weighted by Crippen LogP contribution is -2.30. The molecule has 0 spiro atoms. The largest absolute Gasteiger partial charge is 0.363 e. The van der Waals surface area contributed by atoms with Crippen LogP contribution in [0.25, 0.3) is 0 Å². The van der Waals surface area contributed by atoms with Gasteiger partial charge in [-0.3, -0.25) is 4.79 Å². The first-order valence-electron chi connectivity index (χ1n) is 7.31. The van der Waals surface area contributed by atoms with Crippen molar-refractivity contribution in [1.82, 2.24) is 9.88 Å². The van der Waals surface area contributed by atoms with Gasteiger partial charge in [-0.2, -0.15) is 0 Å². The van der Waals surface area contributed by atoms with Crippen molar-refractivity contribution in [3.63, 3.8) is 0 Å². The van der Waals surface area contributed by atoms with Gasteiger partial charge in [-0.25, -0.2) is 0 Å². The predicted molar refractivity (Wildman–Crippen MR) is 79.2 cm³/mol. The molecule has 104 valence electrons. The van der Waals surface area contributed by atoms with E-state index in [1.165, 1.54) is 5.56 Å². The molecule has 20 heavy (non-hydrogen) atoms. The average molecular weight is 268 g/mol. The van der Waals surface area contributed by atoms with Crippen LogP contribution in [0.15, 0.2) is 48.7 Å². The standard InChI is InChI=1S/C17H20N2O/c20-17(11-10-14-6-2-1-3-7-14)19-13-5-9-16(19)15-8-4-12-18-15/h1-4,6-8,12,16,18H,5,9-11,13H2/t16-/m0/s1. The third kappa shape index (κ3) is 2.77. The van der Waals surface area contributed by atoms with Gasteiger partial charge in [0.2, 0.25) is 5.91 Å². The van der Waals surface area contributed by atoms with Crippen LogP contribution in [0, 0.1) is 0 Å². The van der Waals surface area contributed by atoms with Crippen LogP contribution in [0.4, 0.5) is 0 Å². The molecule has 0 bridgehead atoms. The minimum atomic E-state index is 0.244. The van der Waals surface area contributed by atoms with Crippen LogP contribution in [0.2, 0.25) is 0 Å². The molecule has 3 nitrogen and oxygen atoms in total. The Balaban J connectivity index is 1.62. The van der Waals surface area contributed by atoms with Gasteiger partial charge in [-0.05, 0) is 37.0 Å². The normalized spacial score (nSPS) is 18.4. The highest BCUT2D eigenvalue weighted by Gasteiger charge is 2.29. The number of carbonyl (C=O) groups is 1. The Bertz CT molecular complexity index is 548. The third-order valence-electron chi connectivity index (χ3n) is 4.02. The van der Waals surface area contributed by atoms with Gasteiger partial charge in [0.15, 0.2) is 0 Å². The molecule has 3 heteroatoms. The van der Waals surface area contributed by atoms with Gasteiger partial charge in [-0.15, -0.1) is 0 Å². The van der Waals surface area contributed by atoms with E-state index in [1.807, 2.05) is 35.4 Å². The van der Waals surface area contributed by atoms with Crippen LogP contribution < -0.4 is 0 Å². The monoisotopic (exact) mass is 268 g/mol. The smallest absolute Gasteiger partial charge is 0.223 e. The van der Waals surface area contributed by atoms with Crippen LogP contribution in [0.1, 0.15) is 36.6 Å². The van der Waals surface area contributed by atoms with E-state index in [1.54, 1.807) is 0 Å². The summed E-state index contributed by atoms with van der Waals surface area (Å²) in [6, 6.07) is 14.5. The number of hydrogen-bond donors (Lipinski definition) is 1. The maximum atomic E-state index is 12.4. The van der Waals surface area contributed by atoms with Crippen molar-refractivity contribution >= 4 is 5.91 Å². The molecule has 1 amide bonds. The van der Waals surface area contributed by atoms with Crippen LogP contribution in [-0.4, -0.2) is 22.3 Å². The molecule has 1 aromatic carbocycles. The number of rotatable bonds is 4. The zero-order valence-electron chi connectivity index (χ0n) is 11.6. The molecule has 1 aromatic heterocycles. The number of benzene rings is 1. The summed E-state index contributed by atoms with van der Waals surface area (Å²) in [5.74, 6) is 0.269. The highest BCUT2D eigenvalue weighted by Crippen LogP contribution is 2.31. The maximum Gasteiger partial charge on any atom is 0.223 e. The molecule has 1 fully saturated rings. The van der Waals surface area contributed by atoms with Crippen molar-refractivity contribution in [2.75, 3.05) is 6.54 Å². The van der Waals surface area contributed by atoms with E-state index >= 15 is 0 Å². The first-order valence-corrected chi connectivity index (χ1v) is 7.31. The Hall–Kier alpha value is -2.03. The van der Waals surface area contributed by atoms with Gasteiger partial charge in [0, 0.05) is 24.9 Å². The fourth-order valence-corrected chi connectivity index (χ4v) is 2.98. The zero-order valence-corrected chi connectivity index (χ0v) is 11.6. The highest BCUT2D eigenvalue weighted by atomic mass is 16.2. The number of aryl methyl sites for hydroxylation is 1. The number of nitrogens with zero attached hydrogens (tertiary/aromatic N) is 1. The first kappa shape index (κ1) is 13.0. The molecule has 2 aromatic rings. The van der Waals surface area contributed by atoms with Gasteiger partial charge in [0.25, 0.3) is 0 Å². The number of hydrogen-bond acceptors (Lipinski definition) is 1. The van der Waals surface area contributed by atoms with Crippen molar-refractivity contribution in [1.29, 1.82) is 0 Å². The van der Waals surface area contributed by atoms with E-state index in [-0.39, 0.29) is 11.9 Å². The molecule has 0 unspecified atom stereocenters. The summed E-state index contributed by atoms with van der Waals surface area (Å²) in [4.78, 5) is 17.7. The molecule has 1 aliphatic heterocycles. The Kier molecular flexibility index (Phi) is 3.86. The lowest BCUT2D eigenvalue weighted by molar-refractivity contribution is -0.132. The summed E-state index contributed by atoms with van der Waals surface area (Å²) in [7, 11) is 0. The van der Waals surface area contributed by atoms with Crippen molar-refractivity contribution in [3.05, 3.63) is 59.9 Å². The molecular weight excluding hydrogens is 248 g/mol. The fraction of sp³-hybridized carbons (Fsp3) is 0.353. The van der Waals surface area contributed by atoms with Crippen molar-refractivity contribution < 1.29 is 4.79 Å². The van der Waals surface area contributed by atoms with Gasteiger partial charge in [-0.1, -0.05) is 30.3 Å². The van der Waals surface area contributed by atoms with Crippen LogP contribution >= 0.6 is 0 Å². The second-order valence-electron chi connectivity index (χ2n) is 5.36. The molecule has 1 aliphatic rings. The van der Waals surface area contributed by atoms with E-state index in [4.69, 9.17) is 0 Å². The fourth-order valence-electron chi connectivity index (χ4n) is 2.98. The summed E-state index contributed by atoms with van der Waals surface area (Å²) >= 11 is 0. The molecule has 0 saturated carbocycles. The summed E-state index contributed by atoms with van der Waals surface area (Å²) in [6.45, 7) is 0.886. The number of nitrogens with one attached hydrogen (secondary N) is 1. The summed E-state index contributed by atoms with van der Waals surface area (Å²) in [5, 5.41) is 0. The summed E-state index contributed by atoms with van der Waals surface area (Å²) in [5.41, 5.74) is 2.40. The quantitative estimate of drug-likeness (QED) is 0.907. The predicted octanol–water partition coefficient (Wildman–Crippen LogP) is 3.31. The summed E-state index contributed by atoms with van der Waals surface area (Å²) in [6.07, 6.45) is 5.52. The highest BCUT2D eigenvalue weighted by molar-refractivity contribution is 5.77. The van der Waals surface area contributed by atoms with E-state index in [0.29, 0.717) is 6.42 Å². The molecule has 1 atom stereocenters. The van der Waals surface area contributed by atoms with Gasteiger partial charge < -0.3 is 9.88 Å². The second kappa shape index (κ2) is 5.95. The third-order valence-corrected chi connectivity index (χ3v) is 4.02. The lowest BCUT2D eigenvalue weighted by atomic mass is 10.1. The number of H-pyrrole nitrogens is 1. The molecular formula is C17H20N2O. The molecule has 1 saturated heterocycles. The minimum Gasteiger partial charge on any atom is -0.363 e. The zero-order chi connectivity index (χ0) is 13.8. The van der Waals surface area contributed by atoms with E-state index in [0.717, 1.165) is 31.5 Å². The Morgan fingerprint density at radius 2 is 2.05 bits per heavy atom. The average Bonchev–Trinajstić information content (AvgIpc) is 3.15. The molecule has 0 radical (unpaired) electrons. The Morgan fingerprint density at radius 1 is 1.20 bits per heavy atom. The number of aromatic amines is 1. The Morgan fingerprint density at radius 3 is 2.80 bits per heavy atom. The van der Waals surface area contributed by atoms with E-state index in [9.17, 15) is 4.79 Å². The molecule has 1 N–H and O–H groups in total. The van der Waals surface area contributed by atoms with Crippen molar-refractivity contribution in [2.24, 2.45) is 0 Å². The van der Waals surface area contributed by atoms with Gasteiger partial charge in [0.05, 0.1) is 6.04 Å². The van der Waals surface area contributed by atoms with Crippen LogP contribution in [0.5, 0.6) is 0 Å². The van der Waals surface area contributed by atoms with Crippen molar-refractivity contribution in [3.8, 4) is 0 Å². The molecule has 3 rings (SSSR count). The number of likely N-dealkylation sites (tertiary alicyclic amines) is 1. The topological polar surface area (TPSA) is 36.1 Å². The Labute approximate surface area is 119 Å². The van der Waals surface area contributed by atoms with E-state index < -0.39 is 0 Å². The SMILES string of the molecule is O=C(CCc1ccccc1)N1CCC[C@H]1c1ccc[nH]1. The number of amides is 1. The minimum absolute atomic E-state index is 0.244. The molecule has 2 heterocycles. The van der Waals surface area contributed by atoms with E-state index in [2.05, 4.69) is 23.2 Å². The van der Waals surface area contributed by atoms with Gasteiger partial charge in [0.1, 0.15) is 0 Å². The first-order chi connectivity index (χ1) is 9.84. The second-order valence-corrected chi connectivity index (χ2v) is 5.36. The van der Waals surface area contributed by atoms with Crippen LogP contribution in [-0.2, 0) is 11.2 Å². The van der Waals surface area contributed by atoms with Gasteiger partial charge >= 0.3 is 0 Å². The molecule has 0 aliphatic carbocycles.